The van der Waals surface area contributed by atoms with Gasteiger partial charge in [0.15, 0.2) is 45.9 Å². The molecule has 20 heterocycles. The Morgan fingerprint density at radius 3 is 1.05 bits per heavy atom. The number of amides is 1. The molecule has 36 heteroatoms. The number of carbonyl (C=O) groups excluding carboxylic acids is 1. The summed E-state index contributed by atoms with van der Waals surface area (Å²) in [6.45, 7) is 11.3. The monoisotopic (exact) mass is 1840 g/mol. The van der Waals surface area contributed by atoms with E-state index >= 15 is 0 Å². The minimum absolute atomic E-state index is 0.101. The summed E-state index contributed by atoms with van der Waals surface area (Å²) in [5.41, 5.74) is 25.0. The maximum absolute atomic E-state index is 14.5. The Morgan fingerprint density at radius 1 is 0.353 bits per heavy atom. The average molecular weight is 1840 g/mol. The Balaban J connectivity index is 0.000000110. The van der Waals surface area contributed by atoms with Gasteiger partial charge in [-0.2, -0.15) is 20.4 Å². The fourth-order valence-corrected chi connectivity index (χ4v) is 16.2. The lowest BCUT2D eigenvalue weighted by atomic mass is 9.95. The number of halogens is 4. The van der Waals surface area contributed by atoms with Gasteiger partial charge in [0.25, 0.3) is 0 Å². The number of aromatic amines is 8. The highest BCUT2D eigenvalue weighted by atomic mass is 19.1. The van der Waals surface area contributed by atoms with Crippen LogP contribution in [0.1, 0.15) is 38.8 Å². The first-order valence-corrected chi connectivity index (χ1v) is 43.9. The van der Waals surface area contributed by atoms with E-state index in [0.717, 1.165) is 96.0 Å². The molecule has 24 aromatic rings. The molecule has 0 aliphatic carbocycles. The number of rotatable bonds is 17. The number of fused-ring (bicyclic) bond motifs is 8. The Kier molecular flexibility index (Phi) is 23.0. The maximum atomic E-state index is 14.5. The zero-order valence-electron chi connectivity index (χ0n) is 75.1. The largest absolute Gasteiger partial charge is 0.376 e. The lowest BCUT2D eigenvalue weighted by Gasteiger charge is -2.17. The fourth-order valence-electron chi connectivity index (χ4n) is 16.2. The number of nitrogens with zero attached hydrogens (tertiary/aromatic N) is 21. The summed E-state index contributed by atoms with van der Waals surface area (Å²) in [7, 11) is 3.95. The molecule has 4 aromatic carbocycles. The Morgan fingerprint density at radius 2 is 0.683 bits per heavy atom. The standard InChI is InChI=1S/C28H23FN8O.C26H21FN8.C25H19FN8.C24H16FN7/c1-28(2,3)27(38)33-17-8-15(10-30-12-17)16-9-19-24(36-37-25(19)32-11-16)26-34-22-14-31-13-20(23(22)35-26)18-6-4-5-7-21(18)29;1-2-28-9-15-7-16(11-29-10-15)17-8-19-24(34-35-25(19)31-12-17)26-32-22-14-30-13-20(23(22)33-26)18-5-3-4-6-21(18)27;1-34(2)16-7-14(9-27-11-16)15-8-18-23(32-33-24(18)29-10-15)25-30-21-13-28-12-19(22(21)31-25)17-5-3-4-6-20(17)26;1-13-6-7-26-10-17(13)14-8-16-22(31-32-23(16)28-9-14)24-29-20-12-27-11-18(21(20)30-24)15-4-2-3-5-19(15)25/h4-14H,1-3H3,(H,33,38)(H,34,35)(H,32,36,37);3-8,10-14,28H,2,9H2,1H3,(H,32,33)(H,31,34,35);3-13H,1-2H3,(H,30,31)(H,29,32,33);2-12H,1H3,(H,29,30)(H,28,31,32). The fraction of sp³-hybridized carbons (Fsp3) is 0.0971. The Bertz CT molecular complexity index is 8810. The van der Waals surface area contributed by atoms with Crippen molar-refractivity contribution in [3.05, 3.63) is 304 Å². The van der Waals surface area contributed by atoms with E-state index in [9.17, 15) is 22.4 Å². The Hall–Kier alpha value is -18.6. The zero-order chi connectivity index (χ0) is 95.1. The van der Waals surface area contributed by atoms with Crippen LogP contribution in [0.5, 0.6) is 0 Å². The van der Waals surface area contributed by atoms with Crippen molar-refractivity contribution >= 4 is 106 Å². The van der Waals surface area contributed by atoms with Crippen LogP contribution in [0.3, 0.4) is 0 Å². The normalized spacial score (nSPS) is 11.5. The van der Waals surface area contributed by atoms with E-state index in [2.05, 4.69) is 150 Å². The number of imidazole rings is 4. The molecule has 0 spiro atoms. The van der Waals surface area contributed by atoms with Crippen molar-refractivity contribution in [3.63, 3.8) is 0 Å². The molecule has 0 saturated carbocycles. The number of anilines is 2. The third kappa shape index (κ3) is 17.3. The second kappa shape index (κ2) is 36.7. The van der Waals surface area contributed by atoms with Crippen molar-refractivity contribution in [1.82, 2.24) is 146 Å². The summed E-state index contributed by atoms with van der Waals surface area (Å²) in [6.07, 6.45) is 34.5. The molecule has 20 aromatic heterocycles. The molecule has 0 aliphatic rings. The van der Waals surface area contributed by atoms with Gasteiger partial charge < -0.3 is 35.5 Å². The van der Waals surface area contributed by atoms with Crippen LogP contribution >= 0.6 is 0 Å². The number of nitrogens with one attached hydrogen (secondary N) is 10. The lowest BCUT2D eigenvalue weighted by molar-refractivity contribution is -0.123. The van der Waals surface area contributed by atoms with E-state index in [1.165, 1.54) is 24.3 Å². The van der Waals surface area contributed by atoms with Gasteiger partial charge in [-0.1, -0.05) is 100 Å². The molecule has 32 nitrogen and oxygen atoms in total. The predicted molar refractivity (Wildman–Crippen MR) is 526 cm³/mol. The summed E-state index contributed by atoms with van der Waals surface area (Å²) in [4.78, 5) is 99.1. The molecular formula is C103H79F4N31O. The van der Waals surface area contributed by atoms with Gasteiger partial charge in [-0.3, -0.25) is 65.1 Å². The number of H-pyrrole nitrogens is 8. The molecule has 0 bridgehead atoms. The van der Waals surface area contributed by atoms with E-state index in [4.69, 9.17) is 19.9 Å². The molecule has 0 aliphatic heterocycles. The van der Waals surface area contributed by atoms with Crippen molar-refractivity contribution < 1.29 is 22.4 Å². The predicted octanol–water partition coefficient (Wildman–Crippen LogP) is 20.5. The van der Waals surface area contributed by atoms with Gasteiger partial charge in [0, 0.05) is 202 Å². The third-order valence-electron chi connectivity index (χ3n) is 23.5. The number of aryl methyl sites for hydroxylation is 1. The smallest absolute Gasteiger partial charge is 0.229 e. The van der Waals surface area contributed by atoms with Gasteiger partial charge in [-0.25, -0.2) is 57.4 Å². The zero-order valence-corrected chi connectivity index (χ0v) is 75.1. The SMILES string of the molecule is CC(C)(C)C(=O)Nc1cncc(-c2cnc3n[nH]c(-c4nc5c(-c6ccccc6F)cncc5[nH]4)c3c2)c1.CCNCc1cncc(-c2cnc3n[nH]c(-c4nc5c(-c6ccccc6F)cncc5[nH]4)c3c2)c1.CN(C)c1cncc(-c2cnc3n[nH]c(-c4nc5c(-c6ccccc6F)cncc5[nH]4)c3c2)c1.Cc1ccncc1-c1cnc2n[nH]c(-c3nc4c(-c5ccccc5F)cncc4[nH]3)c2c1. The number of carbonyl (C=O) groups is 1. The highest BCUT2D eigenvalue weighted by Gasteiger charge is 2.27. The summed E-state index contributed by atoms with van der Waals surface area (Å²) in [5.74, 6) is 0.837. The van der Waals surface area contributed by atoms with E-state index in [1.54, 1.807) is 166 Å². The second-order valence-electron chi connectivity index (χ2n) is 33.9. The number of aromatic nitrogens is 28. The van der Waals surface area contributed by atoms with Gasteiger partial charge in [-0.15, -0.1) is 0 Å². The number of hydrogen-bond acceptors (Lipinski definition) is 23. The van der Waals surface area contributed by atoms with Gasteiger partial charge in [0.2, 0.25) is 5.91 Å². The topological polar surface area (TPSA) is 428 Å². The van der Waals surface area contributed by atoms with Crippen LogP contribution in [0, 0.1) is 35.6 Å². The van der Waals surface area contributed by atoms with Crippen molar-refractivity contribution in [3.8, 4) is 135 Å². The van der Waals surface area contributed by atoms with Crippen molar-refractivity contribution in [2.24, 2.45) is 5.41 Å². The summed E-state index contributed by atoms with van der Waals surface area (Å²) in [5, 5.41) is 39.0. The molecule has 0 atom stereocenters. The van der Waals surface area contributed by atoms with Crippen LogP contribution in [0.25, 0.3) is 223 Å². The average Bonchev–Trinajstić information content (AvgIpc) is 1.62. The van der Waals surface area contributed by atoms with Gasteiger partial charge in [0.05, 0.1) is 92.2 Å². The van der Waals surface area contributed by atoms with E-state index in [0.29, 0.717) is 163 Å². The molecule has 680 valence electrons. The first-order chi connectivity index (χ1) is 67.8. The molecule has 1 amide bonds. The minimum Gasteiger partial charge on any atom is -0.376 e. The quantitative estimate of drug-likeness (QED) is 0.0379. The highest BCUT2D eigenvalue weighted by Crippen LogP contribution is 2.41. The molecular weight excluding hydrogens is 1760 g/mol. The van der Waals surface area contributed by atoms with Crippen LogP contribution in [0.4, 0.5) is 28.9 Å². The molecule has 0 radical (unpaired) electrons. The van der Waals surface area contributed by atoms with Gasteiger partial charge >= 0.3 is 0 Å². The Labute approximate surface area is 785 Å². The molecule has 24 rings (SSSR count). The first-order valence-electron chi connectivity index (χ1n) is 43.9. The molecule has 10 N–H and O–H groups in total. The highest BCUT2D eigenvalue weighted by molar-refractivity contribution is 6.03. The van der Waals surface area contributed by atoms with Crippen molar-refractivity contribution in [1.29, 1.82) is 0 Å². The number of pyridine rings is 12. The molecule has 0 unspecified atom stereocenters. The molecule has 0 saturated heterocycles. The van der Waals surface area contributed by atoms with E-state index in [1.807, 2.05) is 114 Å². The summed E-state index contributed by atoms with van der Waals surface area (Å²) in [6, 6.07) is 42.3. The minimum atomic E-state index is -0.531. The van der Waals surface area contributed by atoms with Crippen LogP contribution in [-0.2, 0) is 11.3 Å². The van der Waals surface area contributed by atoms with Gasteiger partial charge in [0.1, 0.15) is 68.1 Å². The van der Waals surface area contributed by atoms with Crippen molar-refractivity contribution in [2.45, 2.75) is 41.2 Å². The third-order valence-corrected chi connectivity index (χ3v) is 23.5. The van der Waals surface area contributed by atoms with E-state index < -0.39 is 5.41 Å². The second-order valence-corrected chi connectivity index (χ2v) is 33.9. The van der Waals surface area contributed by atoms with E-state index in [-0.39, 0.29) is 29.2 Å². The molecule has 0 fully saturated rings. The van der Waals surface area contributed by atoms with Crippen LogP contribution in [0.2, 0.25) is 0 Å². The van der Waals surface area contributed by atoms with Crippen LogP contribution < -0.4 is 15.5 Å². The maximum Gasteiger partial charge on any atom is 0.229 e. The van der Waals surface area contributed by atoms with Gasteiger partial charge in [-0.05, 0) is 97.4 Å². The number of hydrogen-bond donors (Lipinski definition) is 10. The summed E-state index contributed by atoms with van der Waals surface area (Å²) >= 11 is 0. The molecule has 139 heavy (non-hydrogen) atoms. The lowest BCUT2D eigenvalue weighted by Crippen LogP contribution is -2.27. The number of benzene rings is 4. The van der Waals surface area contributed by atoms with Crippen molar-refractivity contribution in [2.75, 3.05) is 30.9 Å². The van der Waals surface area contributed by atoms with Crippen LogP contribution in [-0.4, -0.2) is 167 Å². The summed E-state index contributed by atoms with van der Waals surface area (Å²) < 4.78 is 57.9. The first kappa shape index (κ1) is 87.1. The van der Waals surface area contributed by atoms with Crippen LogP contribution in [0.15, 0.2) is 270 Å².